The molecule has 1 aliphatic rings. The van der Waals surface area contributed by atoms with E-state index >= 15 is 0 Å². The standard InChI is InChI=1S/C14H13N5O2.C2HF3O2/c1-20-10-4-7(16)2-6-3-8-11(17)9(5-15)13(18)19-14(8)21-12(6)10;3-2(4,5)1(6)7/h2,4H,3,16H2,1H3,(H4,17,18,19);(H,6,7). The quantitative estimate of drug-likeness (QED) is 0.448. The van der Waals surface area contributed by atoms with Crippen molar-refractivity contribution in [3.8, 4) is 23.4 Å². The molecule has 1 aromatic carbocycles. The van der Waals surface area contributed by atoms with Crippen molar-refractivity contribution < 1.29 is 32.5 Å². The van der Waals surface area contributed by atoms with Crippen molar-refractivity contribution in [3.05, 3.63) is 28.8 Å². The van der Waals surface area contributed by atoms with Gasteiger partial charge in [0.05, 0.1) is 12.8 Å². The second kappa shape index (κ2) is 7.39. The highest BCUT2D eigenvalue weighted by Gasteiger charge is 2.38. The Hall–Kier alpha value is -3.88. The smallest absolute Gasteiger partial charge is 0.490 e. The Kier molecular flexibility index (Phi) is 5.39. The number of fused-ring (bicyclic) bond motifs is 2. The first-order valence-electron chi connectivity index (χ1n) is 7.41. The van der Waals surface area contributed by atoms with Crippen LogP contribution in [0.2, 0.25) is 0 Å². The van der Waals surface area contributed by atoms with Crippen LogP contribution in [-0.4, -0.2) is 29.3 Å². The summed E-state index contributed by atoms with van der Waals surface area (Å²) in [5.41, 5.74) is 20.0. The molecule has 28 heavy (non-hydrogen) atoms. The maximum absolute atomic E-state index is 10.6. The van der Waals surface area contributed by atoms with Crippen LogP contribution in [0.4, 0.5) is 30.4 Å². The number of aliphatic carboxylic acids is 1. The van der Waals surface area contributed by atoms with E-state index in [-0.39, 0.29) is 17.1 Å². The third-order valence-electron chi connectivity index (χ3n) is 3.63. The number of carboxylic acid groups (broad SMARTS) is 1. The number of rotatable bonds is 1. The van der Waals surface area contributed by atoms with Gasteiger partial charge < -0.3 is 31.8 Å². The molecule has 0 saturated heterocycles. The molecule has 0 fully saturated rings. The first-order valence-corrected chi connectivity index (χ1v) is 7.41. The Morgan fingerprint density at radius 3 is 2.46 bits per heavy atom. The van der Waals surface area contributed by atoms with Crippen LogP contribution in [0, 0.1) is 11.3 Å². The van der Waals surface area contributed by atoms with E-state index < -0.39 is 12.1 Å². The Balaban J connectivity index is 0.000000345. The van der Waals surface area contributed by atoms with Crippen LogP contribution >= 0.6 is 0 Å². The maximum atomic E-state index is 10.6. The third-order valence-corrected chi connectivity index (χ3v) is 3.63. The van der Waals surface area contributed by atoms with Gasteiger partial charge in [0.2, 0.25) is 5.88 Å². The fourth-order valence-corrected chi connectivity index (χ4v) is 2.38. The van der Waals surface area contributed by atoms with E-state index in [1.165, 1.54) is 7.11 Å². The topological polar surface area (TPSA) is 170 Å². The van der Waals surface area contributed by atoms with Gasteiger partial charge in [0, 0.05) is 29.3 Å². The number of nitriles is 1. The number of nitrogens with two attached hydrogens (primary N) is 3. The summed E-state index contributed by atoms with van der Waals surface area (Å²) in [6, 6.07) is 5.40. The number of aromatic nitrogens is 1. The van der Waals surface area contributed by atoms with Gasteiger partial charge in [0.1, 0.15) is 17.5 Å². The Morgan fingerprint density at radius 1 is 1.36 bits per heavy atom. The van der Waals surface area contributed by atoms with Crippen LogP contribution in [0.1, 0.15) is 16.7 Å². The summed E-state index contributed by atoms with van der Waals surface area (Å²) in [5, 5.41) is 16.2. The second-order valence-electron chi connectivity index (χ2n) is 5.47. The van der Waals surface area contributed by atoms with E-state index in [0.29, 0.717) is 35.1 Å². The molecule has 7 N–H and O–H groups in total. The Labute approximate surface area is 156 Å². The summed E-state index contributed by atoms with van der Waals surface area (Å²) in [4.78, 5) is 13.0. The number of nitrogens with zero attached hydrogens (tertiary/aromatic N) is 2. The molecule has 2 heterocycles. The van der Waals surface area contributed by atoms with Crippen LogP contribution in [0.5, 0.6) is 17.4 Å². The predicted octanol–water partition coefficient (Wildman–Crippen LogP) is 2.04. The van der Waals surface area contributed by atoms with Crippen LogP contribution in [-0.2, 0) is 11.2 Å². The van der Waals surface area contributed by atoms with Gasteiger partial charge in [0.25, 0.3) is 0 Å². The molecule has 148 valence electrons. The minimum absolute atomic E-state index is 0.0478. The van der Waals surface area contributed by atoms with E-state index in [9.17, 15) is 13.2 Å². The van der Waals surface area contributed by atoms with E-state index in [1.807, 2.05) is 6.07 Å². The molecule has 0 radical (unpaired) electrons. The molecule has 0 bridgehead atoms. The maximum Gasteiger partial charge on any atom is 0.490 e. The van der Waals surface area contributed by atoms with Crippen molar-refractivity contribution in [2.45, 2.75) is 12.6 Å². The van der Waals surface area contributed by atoms with Crippen molar-refractivity contribution >= 4 is 23.2 Å². The van der Waals surface area contributed by atoms with Crippen molar-refractivity contribution in [2.24, 2.45) is 0 Å². The molecule has 0 aliphatic carbocycles. The van der Waals surface area contributed by atoms with Crippen molar-refractivity contribution in [1.29, 1.82) is 5.26 Å². The zero-order valence-electron chi connectivity index (χ0n) is 14.3. The van der Waals surface area contributed by atoms with Gasteiger partial charge in [-0.2, -0.15) is 23.4 Å². The first-order chi connectivity index (χ1) is 13.0. The molecule has 0 saturated carbocycles. The van der Waals surface area contributed by atoms with Crippen molar-refractivity contribution in [2.75, 3.05) is 24.3 Å². The number of anilines is 3. The lowest BCUT2D eigenvalue weighted by Gasteiger charge is -2.23. The van der Waals surface area contributed by atoms with Gasteiger partial charge in [-0.1, -0.05) is 0 Å². The highest BCUT2D eigenvalue weighted by molar-refractivity contribution is 5.74. The molecule has 0 spiro atoms. The average molecular weight is 397 g/mol. The number of methoxy groups -OCH3 is 1. The third kappa shape index (κ3) is 3.93. The highest BCUT2D eigenvalue weighted by atomic mass is 19.4. The zero-order valence-corrected chi connectivity index (χ0v) is 14.3. The summed E-state index contributed by atoms with van der Waals surface area (Å²) in [5.74, 6) is -1.37. The summed E-state index contributed by atoms with van der Waals surface area (Å²) in [6.07, 6.45) is -4.64. The normalized spacial score (nSPS) is 11.7. The highest BCUT2D eigenvalue weighted by Crippen LogP contribution is 2.45. The van der Waals surface area contributed by atoms with Gasteiger partial charge in [0.15, 0.2) is 11.5 Å². The molecule has 12 heteroatoms. The number of halogens is 3. The molecule has 9 nitrogen and oxygen atoms in total. The molecule has 0 unspecified atom stereocenters. The number of ether oxygens (including phenoxy) is 2. The van der Waals surface area contributed by atoms with Gasteiger partial charge in [-0.05, 0) is 6.07 Å². The molecular formula is C16H14F3N5O4. The van der Waals surface area contributed by atoms with E-state index in [1.54, 1.807) is 12.1 Å². The number of hydrogen-bond acceptors (Lipinski definition) is 8. The number of hydrogen-bond donors (Lipinski definition) is 4. The summed E-state index contributed by atoms with van der Waals surface area (Å²) < 4.78 is 42.8. The lowest BCUT2D eigenvalue weighted by molar-refractivity contribution is -0.192. The molecule has 0 amide bonds. The molecule has 2 aromatic rings. The second-order valence-corrected chi connectivity index (χ2v) is 5.47. The van der Waals surface area contributed by atoms with Crippen molar-refractivity contribution in [3.63, 3.8) is 0 Å². The fraction of sp³-hybridized carbons (Fsp3) is 0.188. The van der Waals surface area contributed by atoms with E-state index in [0.717, 1.165) is 5.56 Å². The van der Waals surface area contributed by atoms with Crippen LogP contribution in [0.3, 0.4) is 0 Å². The average Bonchev–Trinajstić information content (AvgIpc) is 2.60. The number of pyridine rings is 1. The zero-order chi connectivity index (χ0) is 21.2. The number of carboxylic acids is 1. The number of alkyl halides is 3. The molecule has 3 rings (SSSR count). The van der Waals surface area contributed by atoms with E-state index in [2.05, 4.69) is 4.98 Å². The first kappa shape index (κ1) is 20.4. The van der Waals surface area contributed by atoms with Crippen LogP contribution in [0.15, 0.2) is 12.1 Å². The van der Waals surface area contributed by atoms with Gasteiger partial charge >= 0.3 is 12.1 Å². The van der Waals surface area contributed by atoms with E-state index in [4.69, 9.17) is 41.8 Å². The minimum atomic E-state index is -5.08. The summed E-state index contributed by atoms with van der Waals surface area (Å²) >= 11 is 0. The van der Waals surface area contributed by atoms with Gasteiger partial charge in [-0.3, -0.25) is 0 Å². The summed E-state index contributed by atoms with van der Waals surface area (Å²) in [6.45, 7) is 0. The predicted molar refractivity (Wildman–Crippen MR) is 91.8 cm³/mol. The SMILES string of the molecule is COc1cc(N)cc2c1Oc1nc(N)c(C#N)c(N)c1C2.O=C(O)C(F)(F)F. The Bertz CT molecular complexity index is 986. The molecule has 0 atom stereocenters. The lowest BCUT2D eigenvalue weighted by atomic mass is 9.98. The fourth-order valence-electron chi connectivity index (χ4n) is 2.38. The number of carbonyl (C=O) groups is 1. The number of benzene rings is 1. The number of nitrogen functional groups attached to an aromatic ring is 3. The lowest BCUT2D eigenvalue weighted by Crippen LogP contribution is -2.21. The summed E-state index contributed by atoms with van der Waals surface area (Å²) in [7, 11) is 1.53. The van der Waals surface area contributed by atoms with Crippen LogP contribution < -0.4 is 26.7 Å². The van der Waals surface area contributed by atoms with Gasteiger partial charge in [-0.15, -0.1) is 0 Å². The molecule has 1 aliphatic heterocycles. The van der Waals surface area contributed by atoms with Crippen LogP contribution in [0.25, 0.3) is 0 Å². The molecular weight excluding hydrogens is 383 g/mol. The van der Waals surface area contributed by atoms with Crippen molar-refractivity contribution in [1.82, 2.24) is 4.98 Å². The largest absolute Gasteiger partial charge is 0.493 e. The monoisotopic (exact) mass is 397 g/mol. The Morgan fingerprint density at radius 2 is 1.96 bits per heavy atom. The minimum Gasteiger partial charge on any atom is -0.493 e. The van der Waals surface area contributed by atoms with Gasteiger partial charge in [-0.25, -0.2) is 4.79 Å². The molecule has 1 aromatic heterocycles.